The molecule has 0 atom stereocenters. The van der Waals surface area contributed by atoms with Crippen molar-refractivity contribution in [2.75, 3.05) is 6.61 Å². The highest BCUT2D eigenvalue weighted by Crippen LogP contribution is 2.25. The molecule has 0 fully saturated rings. The standard InChI is InChI=1S/C17H14ClNO2/c1-11-3-4-12(2)14(7-11)16(20)10-21-17-6-5-13(9-19)8-15(17)18/h3-8H,10H2,1-2H3. The number of halogens is 1. The van der Waals surface area contributed by atoms with Crippen molar-refractivity contribution < 1.29 is 9.53 Å². The van der Waals surface area contributed by atoms with E-state index in [9.17, 15) is 4.79 Å². The lowest BCUT2D eigenvalue weighted by Crippen LogP contribution is -2.13. The van der Waals surface area contributed by atoms with Gasteiger partial charge in [-0.3, -0.25) is 4.79 Å². The maximum atomic E-state index is 12.2. The summed E-state index contributed by atoms with van der Waals surface area (Å²) in [6, 6.07) is 12.4. The molecule has 3 nitrogen and oxygen atoms in total. The van der Waals surface area contributed by atoms with Gasteiger partial charge in [-0.05, 0) is 43.7 Å². The van der Waals surface area contributed by atoms with Gasteiger partial charge < -0.3 is 4.74 Å². The molecule has 2 rings (SSSR count). The third-order valence-electron chi connectivity index (χ3n) is 3.11. The zero-order chi connectivity index (χ0) is 15.4. The lowest BCUT2D eigenvalue weighted by molar-refractivity contribution is 0.0921. The average molecular weight is 300 g/mol. The first kappa shape index (κ1) is 15.1. The van der Waals surface area contributed by atoms with E-state index in [2.05, 4.69) is 0 Å². The number of hydrogen-bond acceptors (Lipinski definition) is 3. The maximum absolute atomic E-state index is 12.2. The van der Waals surface area contributed by atoms with E-state index in [0.717, 1.165) is 11.1 Å². The molecule has 0 amide bonds. The number of hydrogen-bond donors (Lipinski definition) is 0. The minimum Gasteiger partial charge on any atom is -0.484 e. The van der Waals surface area contributed by atoms with Crippen molar-refractivity contribution in [1.29, 1.82) is 5.26 Å². The molecule has 0 N–H and O–H groups in total. The van der Waals surface area contributed by atoms with Crippen molar-refractivity contribution in [1.82, 2.24) is 0 Å². The summed E-state index contributed by atoms with van der Waals surface area (Å²) in [5.74, 6) is 0.297. The van der Waals surface area contributed by atoms with Crippen LogP contribution < -0.4 is 4.74 Å². The Balaban J connectivity index is 2.11. The fraction of sp³-hybridized carbons (Fsp3) is 0.176. The van der Waals surface area contributed by atoms with Gasteiger partial charge in [-0.15, -0.1) is 0 Å². The lowest BCUT2D eigenvalue weighted by Gasteiger charge is -2.09. The van der Waals surface area contributed by atoms with Gasteiger partial charge in [0.1, 0.15) is 5.75 Å². The monoisotopic (exact) mass is 299 g/mol. The van der Waals surface area contributed by atoms with Gasteiger partial charge in [-0.25, -0.2) is 0 Å². The van der Waals surface area contributed by atoms with Crippen LogP contribution >= 0.6 is 11.6 Å². The van der Waals surface area contributed by atoms with E-state index in [1.165, 1.54) is 6.07 Å². The molecule has 0 saturated heterocycles. The largest absolute Gasteiger partial charge is 0.484 e. The van der Waals surface area contributed by atoms with Gasteiger partial charge in [0.05, 0.1) is 16.7 Å². The minimum atomic E-state index is -0.100. The Bertz CT molecular complexity index is 732. The predicted molar refractivity (Wildman–Crippen MR) is 81.9 cm³/mol. The molecule has 0 aromatic heterocycles. The summed E-state index contributed by atoms with van der Waals surface area (Å²) in [5, 5.41) is 9.09. The Labute approximate surface area is 128 Å². The molecule has 0 bridgehead atoms. The van der Waals surface area contributed by atoms with Crippen LogP contribution in [-0.2, 0) is 0 Å². The molecule has 0 unspecified atom stereocenters. The van der Waals surface area contributed by atoms with Crippen molar-refractivity contribution in [3.8, 4) is 11.8 Å². The first-order valence-electron chi connectivity index (χ1n) is 6.44. The molecular formula is C17H14ClNO2. The van der Waals surface area contributed by atoms with E-state index >= 15 is 0 Å². The second-order valence-corrected chi connectivity index (χ2v) is 5.19. The Kier molecular flexibility index (Phi) is 4.62. The fourth-order valence-electron chi connectivity index (χ4n) is 1.94. The van der Waals surface area contributed by atoms with E-state index in [4.69, 9.17) is 21.6 Å². The van der Waals surface area contributed by atoms with Gasteiger partial charge >= 0.3 is 0 Å². The molecule has 0 heterocycles. The third kappa shape index (κ3) is 3.62. The first-order valence-corrected chi connectivity index (χ1v) is 6.82. The van der Waals surface area contributed by atoms with Crippen LogP contribution in [0.25, 0.3) is 0 Å². The minimum absolute atomic E-state index is 0.0874. The molecule has 0 aliphatic rings. The molecule has 0 spiro atoms. The van der Waals surface area contributed by atoms with Gasteiger partial charge in [-0.2, -0.15) is 5.26 Å². The quantitative estimate of drug-likeness (QED) is 0.799. The predicted octanol–water partition coefficient (Wildman–Crippen LogP) is 4.09. The maximum Gasteiger partial charge on any atom is 0.200 e. The zero-order valence-corrected chi connectivity index (χ0v) is 12.6. The SMILES string of the molecule is Cc1ccc(C)c(C(=O)COc2ccc(C#N)cc2Cl)c1. The van der Waals surface area contributed by atoms with Gasteiger partial charge in [0, 0.05) is 5.56 Å². The summed E-state index contributed by atoms with van der Waals surface area (Å²) >= 11 is 6.01. The number of carbonyl (C=O) groups is 1. The average Bonchev–Trinajstić information content (AvgIpc) is 2.48. The van der Waals surface area contributed by atoms with Gasteiger partial charge in [0.25, 0.3) is 0 Å². The highest BCUT2D eigenvalue weighted by molar-refractivity contribution is 6.32. The molecule has 0 radical (unpaired) electrons. The van der Waals surface area contributed by atoms with E-state index in [0.29, 0.717) is 21.9 Å². The Hall–Kier alpha value is -2.31. The number of ether oxygens (including phenoxy) is 1. The second kappa shape index (κ2) is 6.43. The number of Topliss-reactive ketones (excluding diaryl/α,β-unsaturated/α-hetero) is 1. The third-order valence-corrected chi connectivity index (χ3v) is 3.41. The smallest absolute Gasteiger partial charge is 0.200 e. The topological polar surface area (TPSA) is 50.1 Å². The van der Waals surface area contributed by atoms with E-state index in [1.54, 1.807) is 12.1 Å². The van der Waals surface area contributed by atoms with Crippen molar-refractivity contribution >= 4 is 17.4 Å². The molecule has 21 heavy (non-hydrogen) atoms. The van der Waals surface area contributed by atoms with Crippen LogP contribution in [0.15, 0.2) is 36.4 Å². The van der Waals surface area contributed by atoms with Crippen LogP contribution in [0.2, 0.25) is 5.02 Å². The zero-order valence-electron chi connectivity index (χ0n) is 11.8. The summed E-state index contributed by atoms with van der Waals surface area (Å²) in [5.41, 5.74) is 3.05. The van der Waals surface area contributed by atoms with Crippen LogP contribution in [0.1, 0.15) is 27.0 Å². The van der Waals surface area contributed by atoms with Crippen molar-refractivity contribution in [3.63, 3.8) is 0 Å². The number of rotatable bonds is 4. The van der Waals surface area contributed by atoms with E-state index in [-0.39, 0.29) is 12.4 Å². The van der Waals surface area contributed by atoms with Crippen LogP contribution in [0.4, 0.5) is 0 Å². The summed E-state index contributed by atoms with van der Waals surface area (Å²) < 4.78 is 5.46. The normalized spacial score (nSPS) is 10.0. The second-order valence-electron chi connectivity index (χ2n) is 4.79. The van der Waals surface area contributed by atoms with Crippen molar-refractivity contribution in [3.05, 3.63) is 63.7 Å². The highest BCUT2D eigenvalue weighted by atomic mass is 35.5. The number of benzene rings is 2. The lowest BCUT2D eigenvalue weighted by atomic mass is 10.0. The van der Waals surface area contributed by atoms with Gasteiger partial charge in [-0.1, -0.05) is 29.3 Å². The molecular weight excluding hydrogens is 286 g/mol. The molecule has 2 aromatic rings. The van der Waals surface area contributed by atoms with Gasteiger partial charge in [0.15, 0.2) is 12.4 Å². The molecule has 0 saturated carbocycles. The molecule has 0 aliphatic carbocycles. The Morgan fingerprint density at radius 1 is 1.24 bits per heavy atom. The first-order chi connectivity index (χ1) is 10.0. The van der Waals surface area contributed by atoms with E-state index in [1.807, 2.05) is 38.1 Å². The van der Waals surface area contributed by atoms with Crippen LogP contribution in [0.5, 0.6) is 5.75 Å². The number of aryl methyl sites for hydroxylation is 2. The molecule has 4 heteroatoms. The fourth-order valence-corrected chi connectivity index (χ4v) is 2.18. The molecule has 106 valence electrons. The van der Waals surface area contributed by atoms with Crippen LogP contribution in [-0.4, -0.2) is 12.4 Å². The summed E-state index contributed by atoms with van der Waals surface area (Å²) in [6.45, 7) is 3.74. The van der Waals surface area contributed by atoms with Crippen molar-refractivity contribution in [2.24, 2.45) is 0 Å². The summed E-state index contributed by atoms with van der Waals surface area (Å²) in [4.78, 5) is 12.2. The van der Waals surface area contributed by atoms with Gasteiger partial charge in [0.2, 0.25) is 0 Å². The molecule has 2 aromatic carbocycles. The Morgan fingerprint density at radius 2 is 2.00 bits per heavy atom. The Morgan fingerprint density at radius 3 is 2.67 bits per heavy atom. The number of carbonyl (C=O) groups excluding carboxylic acids is 1. The summed E-state index contributed by atoms with van der Waals surface area (Å²) in [6.07, 6.45) is 0. The van der Waals surface area contributed by atoms with Crippen LogP contribution in [0, 0.1) is 25.2 Å². The van der Waals surface area contributed by atoms with Crippen molar-refractivity contribution in [2.45, 2.75) is 13.8 Å². The highest BCUT2D eigenvalue weighted by Gasteiger charge is 2.11. The van der Waals surface area contributed by atoms with E-state index < -0.39 is 0 Å². The molecule has 0 aliphatic heterocycles. The number of nitrogens with zero attached hydrogens (tertiary/aromatic N) is 1. The summed E-state index contributed by atoms with van der Waals surface area (Å²) in [7, 11) is 0. The number of ketones is 1. The van der Waals surface area contributed by atoms with Crippen LogP contribution in [0.3, 0.4) is 0 Å². The number of nitriles is 1.